The zero-order valence-electron chi connectivity index (χ0n) is 8.88. The summed E-state index contributed by atoms with van der Waals surface area (Å²) in [6, 6.07) is 0.676. The van der Waals surface area contributed by atoms with Crippen molar-refractivity contribution in [2.45, 2.75) is 25.3 Å². The Bertz CT molecular complexity index is 124. The van der Waals surface area contributed by atoms with Gasteiger partial charge in [0.1, 0.15) is 0 Å². The minimum atomic E-state index is 0.676. The Labute approximate surface area is 81.4 Å². The van der Waals surface area contributed by atoms with Crippen molar-refractivity contribution in [1.29, 1.82) is 0 Å². The minimum absolute atomic E-state index is 0.676. The van der Waals surface area contributed by atoms with Crippen molar-refractivity contribution < 1.29 is 4.74 Å². The third kappa shape index (κ3) is 4.07. The fraction of sp³-hybridized carbons (Fsp3) is 1.00. The summed E-state index contributed by atoms with van der Waals surface area (Å²) < 4.78 is 5.35. The van der Waals surface area contributed by atoms with E-state index in [-0.39, 0.29) is 0 Å². The van der Waals surface area contributed by atoms with Gasteiger partial charge in [-0.1, -0.05) is 0 Å². The van der Waals surface area contributed by atoms with Gasteiger partial charge in [0.15, 0.2) is 0 Å². The summed E-state index contributed by atoms with van der Waals surface area (Å²) in [6.07, 6.45) is 3.77. The molecule has 1 heterocycles. The Morgan fingerprint density at radius 1 is 1.46 bits per heavy atom. The van der Waals surface area contributed by atoms with Gasteiger partial charge in [0, 0.05) is 12.6 Å². The van der Waals surface area contributed by atoms with E-state index in [2.05, 4.69) is 17.3 Å². The van der Waals surface area contributed by atoms with E-state index >= 15 is 0 Å². The third-order valence-corrected chi connectivity index (χ3v) is 2.72. The molecule has 0 amide bonds. The highest BCUT2D eigenvalue weighted by molar-refractivity contribution is 4.72. The van der Waals surface area contributed by atoms with Gasteiger partial charge in [-0.3, -0.25) is 0 Å². The second kappa shape index (κ2) is 6.35. The van der Waals surface area contributed by atoms with Crippen LogP contribution in [-0.2, 0) is 4.74 Å². The molecular weight excluding hydrogens is 164 g/mol. The molecule has 0 spiro atoms. The number of likely N-dealkylation sites (N-methyl/N-ethyl adjacent to an activating group) is 1. The molecule has 1 fully saturated rings. The van der Waals surface area contributed by atoms with Crippen LogP contribution in [0.1, 0.15) is 19.3 Å². The van der Waals surface area contributed by atoms with E-state index in [4.69, 9.17) is 4.74 Å². The quantitative estimate of drug-likeness (QED) is 0.618. The highest BCUT2D eigenvalue weighted by atomic mass is 16.5. The Morgan fingerprint density at radius 3 is 2.92 bits per heavy atom. The number of ether oxygens (including phenoxy) is 1. The molecule has 0 saturated carbocycles. The van der Waals surface area contributed by atoms with E-state index in [1.807, 2.05) is 7.05 Å². The third-order valence-electron chi connectivity index (χ3n) is 2.72. The van der Waals surface area contributed by atoms with E-state index in [0.29, 0.717) is 6.04 Å². The molecule has 3 nitrogen and oxygen atoms in total. The lowest BCUT2D eigenvalue weighted by Gasteiger charge is -2.22. The van der Waals surface area contributed by atoms with Gasteiger partial charge >= 0.3 is 0 Å². The van der Waals surface area contributed by atoms with E-state index in [1.54, 1.807) is 0 Å². The fourth-order valence-corrected chi connectivity index (χ4v) is 1.72. The number of nitrogens with zero attached hydrogens (tertiary/aromatic N) is 1. The first-order valence-electron chi connectivity index (χ1n) is 5.27. The number of unbranched alkanes of at least 4 members (excludes halogenated alkanes) is 1. The molecule has 13 heavy (non-hydrogen) atoms. The average molecular weight is 186 g/mol. The predicted octanol–water partition coefficient (Wildman–Crippen LogP) is 0.707. The zero-order valence-corrected chi connectivity index (χ0v) is 8.88. The molecule has 1 unspecified atom stereocenters. The van der Waals surface area contributed by atoms with Crippen LogP contribution in [0, 0.1) is 0 Å². The molecule has 1 aliphatic heterocycles. The van der Waals surface area contributed by atoms with Gasteiger partial charge in [-0.15, -0.1) is 0 Å². The van der Waals surface area contributed by atoms with Crippen molar-refractivity contribution in [2.75, 3.05) is 40.4 Å². The molecule has 1 atom stereocenters. The van der Waals surface area contributed by atoms with Crippen molar-refractivity contribution in [2.24, 2.45) is 0 Å². The van der Waals surface area contributed by atoms with Crippen LogP contribution in [0.2, 0.25) is 0 Å². The number of nitrogens with one attached hydrogen (secondary N) is 1. The van der Waals surface area contributed by atoms with Crippen molar-refractivity contribution in [3.63, 3.8) is 0 Å². The van der Waals surface area contributed by atoms with E-state index in [1.165, 1.54) is 25.8 Å². The summed E-state index contributed by atoms with van der Waals surface area (Å²) in [4.78, 5) is 2.43. The molecule has 3 heteroatoms. The first kappa shape index (κ1) is 11.0. The van der Waals surface area contributed by atoms with E-state index in [0.717, 1.165) is 19.8 Å². The molecule has 0 aromatic carbocycles. The van der Waals surface area contributed by atoms with Gasteiger partial charge in [0.25, 0.3) is 0 Å². The molecular formula is C10H22N2O. The van der Waals surface area contributed by atoms with Gasteiger partial charge in [-0.05, 0) is 46.4 Å². The number of rotatable bonds is 6. The normalized spacial score (nSPS) is 22.8. The van der Waals surface area contributed by atoms with Crippen LogP contribution in [0.5, 0.6) is 0 Å². The predicted molar refractivity (Wildman–Crippen MR) is 55.0 cm³/mol. The van der Waals surface area contributed by atoms with Crippen LogP contribution in [0.4, 0.5) is 0 Å². The standard InChI is InChI=1S/C10H22N2O/c1-11-6-3-4-7-12(2)10-5-8-13-9-10/h10-11H,3-9H2,1-2H3. The number of hydrogen-bond acceptors (Lipinski definition) is 3. The maximum absolute atomic E-state index is 5.35. The average Bonchev–Trinajstić information content (AvgIpc) is 2.65. The monoisotopic (exact) mass is 186 g/mol. The smallest absolute Gasteiger partial charge is 0.0622 e. The molecule has 1 aliphatic rings. The van der Waals surface area contributed by atoms with Gasteiger partial charge < -0.3 is 15.0 Å². The lowest BCUT2D eigenvalue weighted by molar-refractivity contribution is 0.158. The highest BCUT2D eigenvalue weighted by Gasteiger charge is 2.19. The molecule has 0 bridgehead atoms. The summed E-state index contributed by atoms with van der Waals surface area (Å²) in [6.45, 7) is 4.22. The van der Waals surface area contributed by atoms with E-state index in [9.17, 15) is 0 Å². The fourth-order valence-electron chi connectivity index (χ4n) is 1.72. The largest absolute Gasteiger partial charge is 0.380 e. The topological polar surface area (TPSA) is 24.5 Å². The van der Waals surface area contributed by atoms with Crippen molar-refractivity contribution in [3.05, 3.63) is 0 Å². The summed E-state index contributed by atoms with van der Waals surface area (Å²) in [7, 11) is 4.22. The summed E-state index contributed by atoms with van der Waals surface area (Å²) in [5.74, 6) is 0. The van der Waals surface area contributed by atoms with Crippen LogP contribution in [0.3, 0.4) is 0 Å². The molecule has 78 valence electrons. The van der Waals surface area contributed by atoms with Crippen molar-refractivity contribution in [1.82, 2.24) is 10.2 Å². The Hall–Kier alpha value is -0.120. The molecule has 0 radical (unpaired) electrons. The van der Waals surface area contributed by atoms with Crippen molar-refractivity contribution >= 4 is 0 Å². The van der Waals surface area contributed by atoms with Gasteiger partial charge in [0.05, 0.1) is 6.61 Å². The number of hydrogen-bond donors (Lipinski definition) is 1. The molecule has 1 N–H and O–H groups in total. The maximum Gasteiger partial charge on any atom is 0.0622 e. The first-order valence-corrected chi connectivity index (χ1v) is 5.27. The highest BCUT2D eigenvalue weighted by Crippen LogP contribution is 2.10. The van der Waals surface area contributed by atoms with Gasteiger partial charge in [-0.25, -0.2) is 0 Å². The lowest BCUT2D eigenvalue weighted by atomic mass is 10.2. The molecule has 1 rings (SSSR count). The Balaban J connectivity index is 1.99. The van der Waals surface area contributed by atoms with Crippen LogP contribution in [0.15, 0.2) is 0 Å². The molecule has 0 aromatic heterocycles. The van der Waals surface area contributed by atoms with Gasteiger partial charge in [0.2, 0.25) is 0 Å². The van der Waals surface area contributed by atoms with Crippen molar-refractivity contribution in [3.8, 4) is 0 Å². The first-order chi connectivity index (χ1) is 6.34. The van der Waals surface area contributed by atoms with Crippen LogP contribution < -0.4 is 5.32 Å². The van der Waals surface area contributed by atoms with Crippen LogP contribution in [-0.4, -0.2) is 51.3 Å². The summed E-state index contributed by atoms with van der Waals surface area (Å²) >= 11 is 0. The molecule has 0 aliphatic carbocycles. The summed E-state index contributed by atoms with van der Waals surface area (Å²) in [5, 5.41) is 3.17. The molecule has 0 aromatic rings. The second-order valence-electron chi connectivity index (χ2n) is 3.81. The molecule has 1 saturated heterocycles. The zero-order chi connectivity index (χ0) is 9.52. The second-order valence-corrected chi connectivity index (χ2v) is 3.81. The maximum atomic E-state index is 5.35. The Kier molecular flexibility index (Phi) is 5.35. The van der Waals surface area contributed by atoms with Crippen LogP contribution in [0.25, 0.3) is 0 Å². The lowest BCUT2D eigenvalue weighted by Crippen LogP contribution is -2.32. The van der Waals surface area contributed by atoms with E-state index < -0.39 is 0 Å². The Morgan fingerprint density at radius 2 is 2.31 bits per heavy atom. The summed E-state index contributed by atoms with van der Waals surface area (Å²) in [5.41, 5.74) is 0. The van der Waals surface area contributed by atoms with Gasteiger partial charge in [-0.2, -0.15) is 0 Å². The minimum Gasteiger partial charge on any atom is -0.380 e. The van der Waals surface area contributed by atoms with Crippen LogP contribution >= 0.6 is 0 Å². The SMILES string of the molecule is CNCCCCN(C)C1CCOC1.